The maximum absolute atomic E-state index is 10.9. The normalized spacial score (nSPS) is 13.4. The second-order valence-corrected chi connectivity index (χ2v) is 3.80. The third-order valence-electron chi connectivity index (χ3n) is 3.14. The molecule has 0 saturated heterocycles. The van der Waals surface area contributed by atoms with Gasteiger partial charge >= 0.3 is 5.97 Å². The van der Waals surface area contributed by atoms with E-state index in [0.29, 0.717) is 12.6 Å². The van der Waals surface area contributed by atoms with E-state index in [1.807, 2.05) is 0 Å². The first-order valence-electron chi connectivity index (χ1n) is 5.13. The number of rotatable bonds is 6. The molecular formula is C11H22NO2+. The van der Waals surface area contributed by atoms with Gasteiger partial charge in [0.1, 0.15) is 12.6 Å². The molecular weight excluding hydrogens is 178 g/mol. The van der Waals surface area contributed by atoms with Crippen molar-refractivity contribution in [2.75, 3.05) is 26.7 Å². The number of likely N-dealkylation sites (N-methyl/N-ethyl adjacent to an activating group) is 1. The van der Waals surface area contributed by atoms with Crippen LogP contribution in [-0.2, 0) is 9.53 Å². The van der Waals surface area contributed by atoms with Crippen LogP contribution in [0.4, 0.5) is 0 Å². The molecule has 14 heavy (non-hydrogen) atoms. The highest BCUT2D eigenvalue weighted by atomic mass is 16.5. The lowest BCUT2D eigenvalue weighted by Crippen LogP contribution is -2.52. The van der Waals surface area contributed by atoms with E-state index >= 15 is 0 Å². The number of carbonyl (C=O) groups excluding carboxylic acids is 1. The largest absolute Gasteiger partial charge is 0.456 e. The van der Waals surface area contributed by atoms with Crippen molar-refractivity contribution >= 4 is 5.97 Å². The molecule has 0 bridgehead atoms. The Morgan fingerprint density at radius 2 is 2.00 bits per heavy atom. The quantitative estimate of drug-likeness (QED) is 0.370. The zero-order valence-corrected chi connectivity index (χ0v) is 9.75. The molecule has 82 valence electrons. The number of esters is 1. The summed E-state index contributed by atoms with van der Waals surface area (Å²) in [7, 11) is 2.17. The third-order valence-corrected chi connectivity index (χ3v) is 3.14. The summed E-state index contributed by atoms with van der Waals surface area (Å²) in [5.74, 6) is -0.337. The zero-order valence-electron chi connectivity index (χ0n) is 9.75. The lowest BCUT2D eigenvalue weighted by Gasteiger charge is -2.37. The van der Waals surface area contributed by atoms with Crippen LogP contribution in [0.3, 0.4) is 0 Å². The number of quaternary nitrogens is 1. The lowest BCUT2D eigenvalue weighted by molar-refractivity contribution is -0.928. The van der Waals surface area contributed by atoms with Gasteiger partial charge in [0.25, 0.3) is 0 Å². The highest BCUT2D eigenvalue weighted by molar-refractivity contribution is 5.81. The van der Waals surface area contributed by atoms with Crippen LogP contribution in [0.15, 0.2) is 12.7 Å². The Labute approximate surface area is 86.9 Å². The molecule has 0 radical (unpaired) electrons. The molecule has 3 heteroatoms. The smallest absolute Gasteiger partial charge is 0.330 e. The average molecular weight is 200 g/mol. The Morgan fingerprint density at radius 3 is 2.36 bits per heavy atom. The SMILES string of the molecule is C=CC(=O)OCC(C)[N+](C)(CC)CC. The van der Waals surface area contributed by atoms with Crippen molar-refractivity contribution in [3.63, 3.8) is 0 Å². The molecule has 0 aliphatic heterocycles. The third kappa shape index (κ3) is 3.50. The molecule has 0 aromatic carbocycles. The summed E-state index contributed by atoms with van der Waals surface area (Å²) in [6.07, 6.45) is 1.20. The van der Waals surface area contributed by atoms with Gasteiger partial charge in [0.2, 0.25) is 0 Å². The van der Waals surface area contributed by atoms with E-state index in [9.17, 15) is 4.79 Å². The fourth-order valence-corrected chi connectivity index (χ4v) is 1.29. The minimum absolute atomic E-state index is 0.328. The van der Waals surface area contributed by atoms with Crippen LogP contribution in [0.1, 0.15) is 20.8 Å². The summed E-state index contributed by atoms with van der Waals surface area (Å²) in [6.45, 7) is 12.3. The molecule has 0 aliphatic rings. The molecule has 0 amide bonds. The van der Waals surface area contributed by atoms with E-state index in [2.05, 4.69) is 34.4 Å². The van der Waals surface area contributed by atoms with Gasteiger partial charge in [-0.1, -0.05) is 6.58 Å². The van der Waals surface area contributed by atoms with Crippen LogP contribution >= 0.6 is 0 Å². The summed E-state index contributed by atoms with van der Waals surface area (Å²) in [4.78, 5) is 10.9. The Kier molecular flexibility index (Phi) is 5.46. The lowest BCUT2D eigenvalue weighted by atomic mass is 10.2. The molecule has 0 aliphatic carbocycles. The highest BCUT2D eigenvalue weighted by Gasteiger charge is 2.25. The molecule has 0 spiro atoms. The summed E-state index contributed by atoms with van der Waals surface area (Å²) in [5.41, 5.74) is 0. The second kappa shape index (κ2) is 5.81. The van der Waals surface area contributed by atoms with Gasteiger partial charge in [-0.3, -0.25) is 0 Å². The molecule has 0 aromatic rings. The standard InChI is InChI=1S/C11H22NO2/c1-6-11(13)14-9-10(4)12(5,7-2)8-3/h6,10H,1,7-9H2,2-5H3/q+1. The van der Waals surface area contributed by atoms with Gasteiger partial charge < -0.3 is 9.22 Å². The molecule has 0 heterocycles. The van der Waals surface area contributed by atoms with E-state index in [1.54, 1.807) is 0 Å². The molecule has 0 aromatic heterocycles. The van der Waals surface area contributed by atoms with Gasteiger partial charge in [0.15, 0.2) is 0 Å². The van der Waals surface area contributed by atoms with Crippen LogP contribution in [0.2, 0.25) is 0 Å². The summed E-state index contributed by atoms with van der Waals surface area (Å²) >= 11 is 0. The van der Waals surface area contributed by atoms with Crippen LogP contribution in [0, 0.1) is 0 Å². The fourth-order valence-electron chi connectivity index (χ4n) is 1.29. The number of carbonyl (C=O) groups is 1. The number of ether oxygens (including phenoxy) is 1. The van der Waals surface area contributed by atoms with Crippen LogP contribution < -0.4 is 0 Å². The van der Waals surface area contributed by atoms with E-state index in [1.165, 1.54) is 6.08 Å². The van der Waals surface area contributed by atoms with Crippen molar-refractivity contribution in [2.45, 2.75) is 26.8 Å². The predicted octanol–water partition coefficient (Wildman–Crippen LogP) is 1.59. The molecule has 0 rings (SSSR count). The van der Waals surface area contributed by atoms with Gasteiger partial charge in [-0.05, 0) is 20.8 Å². The van der Waals surface area contributed by atoms with E-state index in [-0.39, 0.29) is 5.97 Å². The van der Waals surface area contributed by atoms with Crippen molar-refractivity contribution in [2.24, 2.45) is 0 Å². The van der Waals surface area contributed by atoms with Crippen molar-refractivity contribution < 1.29 is 14.0 Å². The Hall–Kier alpha value is -0.830. The molecule has 0 N–H and O–H groups in total. The summed E-state index contributed by atoms with van der Waals surface area (Å²) < 4.78 is 5.95. The van der Waals surface area contributed by atoms with Gasteiger partial charge in [-0.15, -0.1) is 0 Å². The predicted molar refractivity (Wildman–Crippen MR) is 57.9 cm³/mol. The monoisotopic (exact) mass is 200 g/mol. The molecule has 3 nitrogen and oxygen atoms in total. The minimum Gasteiger partial charge on any atom is -0.456 e. The highest BCUT2D eigenvalue weighted by Crippen LogP contribution is 2.09. The Balaban J connectivity index is 4.11. The molecule has 0 saturated carbocycles. The number of hydrogen-bond donors (Lipinski definition) is 0. The van der Waals surface area contributed by atoms with Gasteiger partial charge in [0.05, 0.1) is 20.1 Å². The maximum Gasteiger partial charge on any atom is 0.330 e. The zero-order chi connectivity index (χ0) is 11.2. The summed E-state index contributed by atoms with van der Waals surface area (Å²) in [6, 6.07) is 0.328. The second-order valence-electron chi connectivity index (χ2n) is 3.80. The fraction of sp³-hybridized carbons (Fsp3) is 0.727. The van der Waals surface area contributed by atoms with E-state index < -0.39 is 0 Å². The Bertz CT molecular complexity index is 197. The maximum atomic E-state index is 10.9. The van der Waals surface area contributed by atoms with Crippen molar-refractivity contribution in [1.29, 1.82) is 0 Å². The van der Waals surface area contributed by atoms with Gasteiger partial charge in [-0.25, -0.2) is 4.79 Å². The first-order chi connectivity index (χ1) is 6.50. The summed E-state index contributed by atoms with van der Waals surface area (Å²) in [5, 5.41) is 0. The van der Waals surface area contributed by atoms with Crippen LogP contribution in [0.25, 0.3) is 0 Å². The first kappa shape index (κ1) is 13.2. The molecule has 0 fully saturated rings. The van der Waals surface area contributed by atoms with Crippen molar-refractivity contribution in [3.8, 4) is 0 Å². The molecule has 1 unspecified atom stereocenters. The van der Waals surface area contributed by atoms with Crippen molar-refractivity contribution in [3.05, 3.63) is 12.7 Å². The van der Waals surface area contributed by atoms with Gasteiger partial charge in [-0.2, -0.15) is 0 Å². The van der Waals surface area contributed by atoms with E-state index in [0.717, 1.165) is 17.6 Å². The van der Waals surface area contributed by atoms with Crippen LogP contribution in [-0.4, -0.2) is 43.2 Å². The molecule has 1 atom stereocenters. The minimum atomic E-state index is -0.337. The van der Waals surface area contributed by atoms with E-state index in [4.69, 9.17) is 4.74 Å². The first-order valence-corrected chi connectivity index (χ1v) is 5.13. The number of nitrogens with zero attached hydrogens (tertiary/aromatic N) is 1. The number of hydrogen-bond acceptors (Lipinski definition) is 2. The Morgan fingerprint density at radius 1 is 1.50 bits per heavy atom. The average Bonchev–Trinajstić information content (AvgIpc) is 2.23. The van der Waals surface area contributed by atoms with Crippen LogP contribution in [0.5, 0.6) is 0 Å². The van der Waals surface area contributed by atoms with Crippen molar-refractivity contribution in [1.82, 2.24) is 0 Å². The topological polar surface area (TPSA) is 26.3 Å². The van der Waals surface area contributed by atoms with Gasteiger partial charge in [0, 0.05) is 6.08 Å².